The fourth-order valence-electron chi connectivity index (χ4n) is 1.16. The number of hydrogen-bond acceptors (Lipinski definition) is 3. The molecule has 0 bridgehead atoms. The van der Waals surface area contributed by atoms with Crippen LogP contribution in [0.5, 0.6) is 5.75 Å². The second kappa shape index (κ2) is 3.11. The maximum atomic E-state index is 12.3. The van der Waals surface area contributed by atoms with Crippen molar-refractivity contribution in [3.63, 3.8) is 0 Å². The average molecular weight is 218 g/mol. The summed E-state index contributed by atoms with van der Waals surface area (Å²) in [5, 5.41) is 2.02. The van der Waals surface area contributed by atoms with E-state index in [1.54, 1.807) is 0 Å². The molecule has 15 heavy (non-hydrogen) atoms. The molecule has 1 atom stereocenters. The SMILES string of the molecule is O=C1Nc2ncccc2OC1C(F)(F)F. The number of pyridine rings is 1. The van der Waals surface area contributed by atoms with E-state index in [4.69, 9.17) is 0 Å². The van der Waals surface area contributed by atoms with Gasteiger partial charge in [0.05, 0.1) is 0 Å². The molecule has 1 aromatic rings. The standard InChI is InChI=1S/C8H5F3N2O2/c9-8(10,11)5-7(14)13-6-4(15-5)2-1-3-12-6/h1-3,5H,(H,12,13,14). The molecular formula is C8H5F3N2O2. The number of aromatic nitrogens is 1. The Morgan fingerprint density at radius 1 is 1.47 bits per heavy atom. The van der Waals surface area contributed by atoms with Crippen LogP contribution in [-0.4, -0.2) is 23.2 Å². The van der Waals surface area contributed by atoms with E-state index >= 15 is 0 Å². The van der Waals surface area contributed by atoms with Gasteiger partial charge in [-0.15, -0.1) is 0 Å². The first-order chi connectivity index (χ1) is 6.98. The topological polar surface area (TPSA) is 51.2 Å². The van der Waals surface area contributed by atoms with E-state index < -0.39 is 18.2 Å². The summed E-state index contributed by atoms with van der Waals surface area (Å²) >= 11 is 0. The molecule has 1 amide bonds. The number of alkyl halides is 3. The number of hydrogen-bond donors (Lipinski definition) is 1. The van der Waals surface area contributed by atoms with Crippen LogP contribution in [0.1, 0.15) is 0 Å². The number of ether oxygens (including phenoxy) is 1. The number of halogens is 3. The highest BCUT2D eigenvalue weighted by Gasteiger charge is 2.49. The van der Waals surface area contributed by atoms with Gasteiger partial charge in [-0.3, -0.25) is 4.79 Å². The Morgan fingerprint density at radius 3 is 2.87 bits per heavy atom. The molecule has 1 aliphatic heterocycles. The van der Waals surface area contributed by atoms with Gasteiger partial charge in [-0.1, -0.05) is 0 Å². The lowest BCUT2D eigenvalue weighted by molar-refractivity contribution is -0.196. The Bertz CT molecular complexity index is 405. The molecule has 1 N–H and O–H groups in total. The quantitative estimate of drug-likeness (QED) is 0.714. The monoisotopic (exact) mass is 218 g/mol. The first kappa shape index (κ1) is 9.75. The van der Waals surface area contributed by atoms with Crippen LogP contribution in [0.25, 0.3) is 0 Å². The molecule has 4 nitrogen and oxygen atoms in total. The zero-order valence-electron chi connectivity index (χ0n) is 7.21. The van der Waals surface area contributed by atoms with E-state index in [-0.39, 0.29) is 11.6 Å². The summed E-state index contributed by atoms with van der Waals surface area (Å²) in [6.45, 7) is 0. The van der Waals surface area contributed by atoms with Crippen LogP contribution in [0, 0.1) is 0 Å². The Kier molecular flexibility index (Phi) is 2.02. The minimum absolute atomic E-state index is 0.00278. The summed E-state index contributed by atoms with van der Waals surface area (Å²) in [6.07, 6.45) is -5.84. The summed E-state index contributed by atoms with van der Waals surface area (Å²) < 4.78 is 41.3. The number of carbonyl (C=O) groups is 1. The predicted molar refractivity (Wildman–Crippen MR) is 43.3 cm³/mol. The molecular weight excluding hydrogens is 213 g/mol. The number of carbonyl (C=O) groups excluding carboxylic acids is 1. The van der Waals surface area contributed by atoms with Gasteiger partial charge >= 0.3 is 6.18 Å². The smallest absolute Gasteiger partial charge is 0.434 e. The Balaban J connectivity index is 2.34. The van der Waals surface area contributed by atoms with E-state index in [9.17, 15) is 18.0 Å². The molecule has 0 aromatic carbocycles. The number of nitrogens with zero attached hydrogens (tertiary/aromatic N) is 1. The molecule has 7 heteroatoms. The van der Waals surface area contributed by atoms with Crippen molar-refractivity contribution >= 4 is 11.7 Å². The summed E-state index contributed by atoms with van der Waals surface area (Å²) in [6, 6.07) is 2.73. The summed E-state index contributed by atoms with van der Waals surface area (Å²) in [4.78, 5) is 14.7. The summed E-state index contributed by atoms with van der Waals surface area (Å²) in [7, 11) is 0. The van der Waals surface area contributed by atoms with E-state index in [0.717, 1.165) is 0 Å². The first-order valence-corrected chi connectivity index (χ1v) is 3.98. The van der Waals surface area contributed by atoms with Gasteiger partial charge in [-0.05, 0) is 12.1 Å². The Hall–Kier alpha value is -1.79. The molecule has 2 rings (SSSR count). The van der Waals surface area contributed by atoms with Crippen LogP contribution in [0.4, 0.5) is 19.0 Å². The van der Waals surface area contributed by atoms with E-state index in [1.807, 2.05) is 5.32 Å². The number of rotatable bonds is 0. The van der Waals surface area contributed by atoms with Gasteiger partial charge in [0.15, 0.2) is 11.6 Å². The molecule has 0 spiro atoms. The number of fused-ring (bicyclic) bond motifs is 1. The number of anilines is 1. The maximum Gasteiger partial charge on any atom is 0.434 e. The molecule has 1 unspecified atom stereocenters. The highest BCUT2D eigenvalue weighted by Crippen LogP contribution is 2.33. The van der Waals surface area contributed by atoms with Crippen LogP contribution >= 0.6 is 0 Å². The second-order valence-electron chi connectivity index (χ2n) is 2.88. The average Bonchev–Trinajstić information content (AvgIpc) is 2.15. The van der Waals surface area contributed by atoms with E-state index in [0.29, 0.717) is 0 Å². The summed E-state index contributed by atoms with van der Waals surface area (Å²) in [5.41, 5.74) is 0. The van der Waals surface area contributed by atoms with Crippen molar-refractivity contribution in [1.29, 1.82) is 0 Å². The van der Waals surface area contributed by atoms with Gasteiger partial charge < -0.3 is 10.1 Å². The van der Waals surface area contributed by atoms with Gasteiger partial charge in [0, 0.05) is 6.20 Å². The van der Waals surface area contributed by atoms with Crippen molar-refractivity contribution in [2.45, 2.75) is 12.3 Å². The molecule has 1 aromatic heterocycles. The van der Waals surface area contributed by atoms with Crippen LogP contribution in [0.3, 0.4) is 0 Å². The molecule has 0 aliphatic carbocycles. The zero-order valence-corrected chi connectivity index (χ0v) is 7.21. The largest absolute Gasteiger partial charge is 0.467 e. The third-order valence-corrected chi connectivity index (χ3v) is 1.79. The first-order valence-electron chi connectivity index (χ1n) is 3.98. The van der Waals surface area contributed by atoms with Gasteiger partial charge in [0.2, 0.25) is 0 Å². The van der Waals surface area contributed by atoms with Crippen molar-refractivity contribution in [1.82, 2.24) is 4.98 Å². The molecule has 1 aliphatic rings. The lowest BCUT2D eigenvalue weighted by atomic mass is 10.2. The fraction of sp³-hybridized carbons (Fsp3) is 0.250. The molecule has 80 valence electrons. The highest BCUT2D eigenvalue weighted by atomic mass is 19.4. The molecule has 0 saturated carbocycles. The molecule has 2 heterocycles. The van der Waals surface area contributed by atoms with E-state index in [2.05, 4.69) is 9.72 Å². The van der Waals surface area contributed by atoms with Gasteiger partial charge in [-0.25, -0.2) is 4.98 Å². The lowest BCUT2D eigenvalue weighted by Gasteiger charge is -2.26. The van der Waals surface area contributed by atoms with Crippen LogP contribution in [0.2, 0.25) is 0 Å². The van der Waals surface area contributed by atoms with Gasteiger partial charge in [-0.2, -0.15) is 13.2 Å². The second-order valence-corrected chi connectivity index (χ2v) is 2.88. The van der Waals surface area contributed by atoms with Crippen molar-refractivity contribution < 1.29 is 22.7 Å². The predicted octanol–water partition coefficient (Wildman–Crippen LogP) is 1.34. The van der Waals surface area contributed by atoms with Crippen LogP contribution in [-0.2, 0) is 4.79 Å². The normalized spacial score (nSPS) is 20.2. The minimum atomic E-state index is -4.72. The van der Waals surface area contributed by atoms with E-state index in [1.165, 1.54) is 18.3 Å². The number of amides is 1. The van der Waals surface area contributed by atoms with Gasteiger partial charge in [0.1, 0.15) is 0 Å². The van der Waals surface area contributed by atoms with Crippen molar-refractivity contribution in [2.24, 2.45) is 0 Å². The minimum Gasteiger partial charge on any atom is -0.467 e. The highest BCUT2D eigenvalue weighted by molar-refractivity contribution is 5.97. The fourth-order valence-corrected chi connectivity index (χ4v) is 1.16. The third-order valence-electron chi connectivity index (χ3n) is 1.79. The third kappa shape index (κ3) is 1.72. The molecule has 0 fully saturated rings. The van der Waals surface area contributed by atoms with Crippen molar-refractivity contribution in [3.05, 3.63) is 18.3 Å². The molecule has 0 saturated heterocycles. The van der Waals surface area contributed by atoms with Crippen LogP contribution in [0.15, 0.2) is 18.3 Å². The van der Waals surface area contributed by atoms with Crippen LogP contribution < -0.4 is 10.1 Å². The number of nitrogens with one attached hydrogen (secondary N) is 1. The maximum absolute atomic E-state index is 12.3. The zero-order chi connectivity index (χ0) is 11.1. The summed E-state index contributed by atoms with van der Waals surface area (Å²) in [5.74, 6) is -1.34. The van der Waals surface area contributed by atoms with Crippen molar-refractivity contribution in [2.75, 3.05) is 5.32 Å². The Labute approximate surface area is 82.1 Å². The lowest BCUT2D eigenvalue weighted by Crippen LogP contribution is -2.47. The van der Waals surface area contributed by atoms with Crippen molar-refractivity contribution in [3.8, 4) is 5.75 Å². The Morgan fingerprint density at radius 2 is 2.20 bits per heavy atom. The van der Waals surface area contributed by atoms with Gasteiger partial charge in [0.25, 0.3) is 12.0 Å². The molecule has 0 radical (unpaired) electrons.